The summed E-state index contributed by atoms with van der Waals surface area (Å²) in [4.78, 5) is 38.1. The van der Waals surface area contributed by atoms with Crippen LogP contribution in [0.2, 0.25) is 0 Å². The van der Waals surface area contributed by atoms with Gasteiger partial charge in [0.05, 0.1) is 0 Å². The van der Waals surface area contributed by atoms with Gasteiger partial charge < -0.3 is 14.2 Å². The molecule has 0 aromatic rings. The SMILES string of the molecule is CC/C=C\C/C=C\C/C=C\C/C=C\C/C=C\C/C=C\C/C=C\CCCCCCCCCCCCCCCC(=O)OCC(COC(=O)CCCCCCCCCC)OC(=O)CCCCCCCCCCCCCCCCC. The number of carbonyl (C=O) groups excluding carboxylic acids is 3. The Kier molecular flexibility index (Phi) is 61.2. The Balaban J connectivity index is 4.05. The molecule has 76 heavy (non-hydrogen) atoms. The predicted molar refractivity (Wildman–Crippen MR) is 330 cm³/mol. The van der Waals surface area contributed by atoms with E-state index in [9.17, 15) is 14.4 Å². The first-order chi connectivity index (χ1) is 37.5. The van der Waals surface area contributed by atoms with Crippen LogP contribution in [0.25, 0.3) is 0 Å². The van der Waals surface area contributed by atoms with Crippen molar-refractivity contribution in [2.45, 2.75) is 329 Å². The van der Waals surface area contributed by atoms with Gasteiger partial charge in [0.25, 0.3) is 0 Å². The van der Waals surface area contributed by atoms with Crippen molar-refractivity contribution < 1.29 is 28.6 Å². The normalized spacial score (nSPS) is 12.6. The number of unbranched alkanes of at least 4 members (excludes halogenated alkanes) is 34. The number of ether oxygens (including phenoxy) is 3. The van der Waals surface area contributed by atoms with Gasteiger partial charge in [-0.3, -0.25) is 14.4 Å². The highest BCUT2D eigenvalue weighted by Crippen LogP contribution is 2.17. The molecule has 0 radical (unpaired) electrons. The van der Waals surface area contributed by atoms with Crippen LogP contribution in [0.5, 0.6) is 0 Å². The molecule has 0 heterocycles. The summed E-state index contributed by atoms with van der Waals surface area (Å²) in [6, 6.07) is 0. The Hall–Kier alpha value is -3.41. The third-order valence-electron chi connectivity index (χ3n) is 14.2. The molecule has 0 saturated carbocycles. The summed E-state index contributed by atoms with van der Waals surface area (Å²) < 4.78 is 16.9. The summed E-state index contributed by atoms with van der Waals surface area (Å²) in [6.45, 7) is 6.53. The minimum Gasteiger partial charge on any atom is -0.462 e. The molecule has 6 heteroatoms. The second-order valence-corrected chi connectivity index (χ2v) is 21.7. The number of allylic oxidation sites excluding steroid dienone is 14. The average Bonchev–Trinajstić information content (AvgIpc) is 3.42. The monoisotopic (exact) mass is 1060 g/mol. The van der Waals surface area contributed by atoms with Gasteiger partial charge in [0, 0.05) is 19.3 Å². The summed E-state index contributed by atoms with van der Waals surface area (Å²) in [5, 5.41) is 0. The van der Waals surface area contributed by atoms with Gasteiger partial charge in [0.15, 0.2) is 6.10 Å². The third kappa shape index (κ3) is 61.4. The molecule has 0 saturated heterocycles. The second-order valence-electron chi connectivity index (χ2n) is 21.7. The fourth-order valence-electron chi connectivity index (χ4n) is 9.31. The van der Waals surface area contributed by atoms with Crippen molar-refractivity contribution >= 4 is 17.9 Å². The first-order valence-corrected chi connectivity index (χ1v) is 32.6. The Morgan fingerprint density at radius 2 is 0.513 bits per heavy atom. The molecule has 0 N–H and O–H groups in total. The van der Waals surface area contributed by atoms with Crippen LogP contribution in [0, 0.1) is 0 Å². The van der Waals surface area contributed by atoms with Crippen molar-refractivity contribution in [3.63, 3.8) is 0 Å². The third-order valence-corrected chi connectivity index (χ3v) is 14.2. The molecule has 1 atom stereocenters. The zero-order valence-corrected chi connectivity index (χ0v) is 50.3. The van der Waals surface area contributed by atoms with Crippen LogP contribution in [0.4, 0.5) is 0 Å². The van der Waals surface area contributed by atoms with Crippen LogP contribution in [0.15, 0.2) is 85.1 Å². The smallest absolute Gasteiger partial charge is 0.306 e. The Morgan fingerprint density at radius 3 is 0.803 bits per heavy atom. The van der Waals surface area contributed by atoms with Crippen molar-refractivity contribution in [2.24, 2.45) is 0 Å². The topological polar surface area (TPSA) is 78.9 Å². The van der Waals surface area contributed by atoms with E-state index >= 15 is 0 Å². The van der Waals surface area contributed by atoms with Crippen LogP contribution >= 0.6 is 0 Å². The molecule has 0 aliphatic heterocycles. The lowest BCUT2D eigenvalue weighted by atomic mass is 10.0. The summed E-state index contributed by atoms with van der Waals surface area (Å²) >= 11 is 0. The number of rotatable bonds is 59. The maximum absolute atomic E-state index is 12.8. The molecule has 0 spiro atoms. The van der Waals surface area contributed by atoms with E-state index in [0.717, 1.165) is 103 Å². The van der Waals surface area contributed by atoms with Crippen molar-refractivity contribution in [1.29, 1.82) is 0 Å². The van der Waals surface area contributed by atoms with E-state index < -0.39 is 6.10 Å². The first-order valence-electron chi connectivity index (χ1n) is 32.6. The Bertz CT molecular complexity index is 1450. The molecule has 0 bridgehead atoms. The highest BCUT2D eigenvalue weighted by atomic mass is 16.6. The molecule has 0 aliphatic rings. The molecule has 0 aromatic heterocycles. The van der Waals surface area contributed by atoms with Gasteiger partial charge in [0.2, 0.25) is 0 Å². The van der Waals surface area contributed by atoms with Crippen LogP contribution in [0.3, 0.4) is 0 Å². The lowest BCUT2D eigenvalue weighted by Gasteiger charge is -2.18. The van der Waals surface area contributed by atoms with E-state index in [0.29, 0.717) is 19.3 Å². The minimum atomic E-state index is -0.770. The zero-order valence-electron chi connectivity index (χ0n) is 50.3. The number of hydrogen-bond donors (Lipinski definition) is 0. The van der Waals surface area contributed by atoms with Gasteiger partial charge in [-0.2, -0.15) is 0 Å². The van der Waals surface area contributed by atoms with E-state index in [1.54, 1.807) is 0 Å². The van der Waals surface area contributed by atoms with Crippen molar-refractivity contribution in [1.82, 2.24) is 0 Å². The molecule has 6 nitrogen and oxygen atoms in total. The van der Waals surface area contributed by atoms with Gasteiger partial charge >= 0.3 is 17.9 Å². The van der Waals surface area contributed by atoms with Crippen molar-refractivity contribution in [3.05, 3.63) is 85.1 Å². The largest absolute Gasteiger partial charge is 0.462 e. The maximum Gasteiger partial charge on any atom is 0.306 e. The quantitative estimate of drug-likeness (QED) is 0.0261. The highest BCUT2D eigenvalue weighted by molar-refractivity contribution is 5.71. The molecular formula is C70H122O6. The van der Waals surface area contributed by atoms with E-state index in [1.807, 2.05) is 0 Å². The van der Waals surface area contributed by atoms with Gasteiger partial charge in [-0.05, 0) is 77.0 Å². The number of hydrogen-bond acceptors (Lipinski definition) is 6. The van der Waals surface area contributed by atoms with Gasteiger partial charge in [0.1, 0.15) is 13.2 Å². The molecule has 0 aliphatic carbocycles. The van der Waals surface area contributed by atoms with Gasteiger partial charge in [-0.15, -0.1) is 0 Å². The van der Waals surface area contributed by atoms with E-state index in [2.05, 4.69) is 106 Å². The maximum atomic E-state index is 12.8. The molecule has 0 rings (SSSR count). The Labute approximate surface area is 471 Å². The van der Waals surface area contributed by atoms with Crippen molar-refractivity contribution in [2.75, 3.05) is 13.2 Å². The van der Waals surface area contributed by atoms with Crippen LogP contribution < -0.4 is 0 Å². The summed E-state index contributed by atoms with van der Waals surface area (Å²) in [5.74, 6) is -0.862. The van der Waals surface area contributed by atoms with E-state index in [4.69, 9.17) is 14.2 Å². The molecule has 0 aromatic carbocycles. The molecule has 0 fully saturated rings. The fraction of sp³-hybridized carbons (Fsp3) is 0.757. The number of carbonyl (C=O) groups is 3. The molecule has 438 valence electrons. The Morgan fingerprint density at radius 1 is 0.276 bits per heavy atom. The fourth-order valence-corrected chi connectivity index (χ4v) is 9.31. The average molecular weight is 1060 g/mol. The first kappa shape index (κ1) is 72.6. The van der Waals surface area contributed by atoms with Crippen molar-refractivity contribution in [3.8, 4) is 0 Å². The number of esters is 3. The van der Waals surface area contributed by atoms with Crippen LogP contribution in [0.1, 0.15) is 323 Å². The second kappa shape index (κ2) is 64.1. The lowest BCUT2D eigenvalue weighted by molar-refractivity contribution is -0.167. The van der Waals surface area contributed by atoms with Gasteiger partial charge in [-0.25, -0.2) is 0 Å². The van der Waals surface area contributed by atoms with Crippen LogP contribution in [-0.4, -0.2) is 37.2 Å². The van der Waals surface area contributed by atoms with E-state index in [1.165, 1.54) is 180 Å². The lowest BCUT2D eigenvalue weighted by Crippen LogP contribution is -2.30. The minimum absolute atomic E-state index is 0.0706. The zero-order chi connectivity index (χ0) is 55.0. The summed E-state index contributed by atoms with van der Waals surface area (Å²) in [6.07, 6.45) is 84.7. The molecule has 0 amide bonds. The molecule has 1 unspecified atom stereocenters. The standard InChI is InChI=1S/C70H122O6/c1-4-7-10-13-16-19-21-23-25-26-27-28-29-30-31-32-33-34-35-36-37-38-39-40-41-42-43-44-46-47-49-51-54-57-60-63-69(72)75-66-67(65-74-68(71)62-59-56-53-18-15-12-9-6-3)76-70(73)64-61-58-55-52-50-48-45-24-22-20-17-14-11-8-5-2/h7,10,16,19,23,25,27-28,30-31,33-34,36-37,67H,4-6,8-9,11-15,17-18,20-22,24,26,29,32,35,38-66H2,1-3H3/b10-7-,19-16-,25-23-,28-27-,31-30-,34-33-,37-36-. The van der Waals surface area contributed by atoms with Crippen LogP contribution in [-0.2, 0) is 28.6 Å². The molecular weight excluding hydrogens is 937 g/mol. The predicted octanol–water partition coefficient (Wildman–Crippen LogP) is 22.3. The summed E-state index contributed by atoms with van der Waals surface area (Å²) in [7, 11) is 0. The summed E-state index contributed by atoms with van der Waals surface area (Å²) in [5.41, 5.74) is 0. The van der Waals surface area contributed by atoms with Gasteiger partial charge in [-0.1, -0.05) is 311 Å². The highest BCUT2D eigenvalue weighted by Gasteiger charge is 2.19. The van der Waals surface area contributed by atoms with E-state index in [-0.39, 0.29) is 31.1 Å².